The van der Waals surface area contributed by atoms with Crippen LogP contribution in [0, 0.1) is 0 Å². The minimum atomic E-state index is 1.75. The van der Waals surface area contributed by atoms with Crippen molar-refractivity contribution in [1.29, 1.82) is 0 Å². The van der Waals surface area contributed by atoms with E-state index in [1.54, 1.807) is 4.75 Å². The molecule has 0 spiro atoms. The van der Waals surface area contributed by atoms with Gasteiger partial charge in [0.15, 0.2) is 0 Å². The largest absolute Gasteiger partial charge is 0.0623 e. The molecule has 0 N–H and O–H groups in total. The molecule has 0 unspecified atom stereocenters. The predicted molar refractivity (Wildman–Crippen MR) is 42.4 cm³/mol. The minimum absolute atomic E-state index is 1.75. The Morgan fingerprint density at radius 2 is 1.00 bits per heavy atom. The molecule has 1 heteroatoms. The van der Waals surface area contributed by atoms with Gasteiger partial charge in [-0.05, 0) is 0 Å². The van der Waals surface area contributed by atoms with Crippen molar-refractivity contribution in [2.24, 2.45) is 0 Å². The maximum atomic E-state index is 3.36. The van der Waals surface area contributed by atoms with E-state index < -0.39 is 0 Å². The van der Waals surface area contributed by atoms with Gasteiger partial charge in [0.25, 0.3) is 0 Å². The third-order valence-electron chi connectivity index (χ3n) is 0.667. The molecule has 9 heavy (non-hydrogen) atoms. The molecular formula is C8H9Li. The summed E-state index contributed by atoms with van der Waals surface area (Å²) in [5.41, 5.74) is 0. The van der Waals surface area contributed by atoms with E-state index in [-0.39, 0.29) is 0 Å². The Morgan fingerprint density at radius 3 is 1.11 bits per heavy atom. The molecule has 0 radical (unpaired) electrons. The van der Waals surface area contributed by atoms with Crippen LogP contribution in [0.25, 0.3) is 0 Å². The van der Waals surface area contributed by atoms with Crippen LogP contribution in [0.3, 0.4) is 0 Å². The average Bonchev–Trinajstić information content (AvgIpc) is 1.93. The summed E-state index contributed by atoms with van der Waals surface area (Å²) in [5.74, 6) is 0. The summed E-state index contributed by atoms with van der Waals surface area (Å²) in [5, 5.41) is 0. The van der Waals surface area contributed by atoms with Gasteiger partial charge in [-0.2, -0.15) is 0 Å². The third kappa shape index (κ3) is 7.56. The summed E-state index contributed by atoms with van der Waals surface area (Å²) in [6.07, 6.45) is 0. The fourth-order valence-corrected chi connectivity index (χ4v) is 0.385. The van der Waals surface area contributed by atoms with Gasteiger partial charge in [0.05, 0.1) is 0 Å². The summed E-state index contributed by atoms with van der Waals surface area (Å²) in [6, 6.07) is 12.0. The monoisotopic (exact) mass is 112 g/mol. The van der Waals surface area contributed by atoms with E-state index in [0.29, 0.717) is 0 Å². The fraction of sp³-hybridized carbons (Fsp3) is 0. The normalized spacial score (nSPS) is 6.89. The molecule has 1 rings (SSSR count). The van der Waals surface area contributed by atoms with E-state index in [0.717, 1.165) is 0 Å². The Bertz CT molecular complexity index is 108. The second-order valence-corrected chi connectivity index (χ2v) is 1.56. The van der Waals surface area contributed by atoms with Crippen molar-refractivity contribution in [3.63, 3.8) is 0 Å². The van der Waals surface area contributed by atoms with Gasteiger partial charge < -0.3 is 0 Å². The van der Waals surface area contributed by atoms with Crippen LogP contribution in [-0.4, -0.2) is 17.7 Å². The molecule has 0 heterocycles. The van der Waals surface area contributed by atoms with Gasteiger partial charge in [-0.3, -0.25) is 0 Å². The summed E-state index contributed by atoms with van der Waals surface area (Å²) < 4.78 is 1.75. The van der Waals surface area contributed by atoms with Gasteiger partial charge in [-0.25, -0.2) is 0 Å². The maximum Gasteiger partial charge on any atom is -0.0623 e. The molecule has 1 aromatic rings. The van der Waals surface area contributed by atoms with Gasteiger partial charge in [0.2, 0.25) is 0 Å². The van der Waals surface area contributed by atoms with Crippen LogP contribution in [0.4, 0.5) is 0 Å². The maximum absolute atomic E-state index is 3.36. The number of hydrogen-bond donors (Lipinski definition) is 0. The van der Waals surface area contributed by atoms with Crippen LogP contribution >= 0.6 is 0 Å². The van der Waals surface area contributed by atoms with E-state index >= 15 is 0 Å². The molecule has 0 aliphatic carbocycles. The molecule has 1 aromatic carbocycles. The first kappa shape index (κ1) is 8.56. The number of hydrogen-bond acceptors (Lipinski definition) is 0. The Hall–Kier alpha value is -0.443. The third-order valence-corrected chi connectivity index (χ3v) is 0.667. The quantitative estimate of drug-likeness (QED) is 0.450. The molecule has 0 saturated carbocycles. The molecular weight excluding hydrogens is 103 g/mol. The Kier molecular flexibility index (Phi) is 7.19. The first-order valence-electron chi connectivity index (χ1n) is 2.99. The topological polar surface area (TPSA) is 0 Å². The van der Waals surface area contributed by atoms with Crippen molar-refractivity contribution in [2.45, 2.75) is 0 Å². The van der Waals surface area contributed by atoms with Crippen LogP contribution in [0.15, 0.2) is 47.7 Å². The van der Waals surface area contributed by atoms with Crippen LogP contribution in [0.1, 0.15) is 0 Å². The molecule has 0 aliphatic rings. The zero-order valence-corrected chi connectivity index (χ0v) is 5.75. The van der Waals surface area contributed by atoms with E-state index in [1.165, 1.54) is 0 Å². The van der Waals surface area contributed by atoms with Crippen molar-refractivity contribution in [3.8, 4) is 0 Å². The van der Waals surface area contributed by atoms with Crippen molar-refractivity contribution in [1.82, 2.24) is 0 Å². The molecule has 0 atom stereocenters. The first-order chi connectivity index (χ1) is 4.41. The molecule has 0 amide bonds. The second-order valence-electron chi connectivity index (χ2n) is 1.56. The van der Waals surface area contributed by atoms with Gasteiger partial charge in [-0.15, -0.1) is 0 Å². The van der Waals surface area contributed by atoms with Gasteiger partial charge >= 0.3 is 29.0 Å². The molecule has 0 bridgehead atoms. The Morgan fingerprint density at radius 1 is 0.889 bits per heavy atom. The van der Waals surface area contributed by atoms with Gasteiger partial charge in [-0.1, -0.05) is 36.4 Å². The summed E-state index contributed by atoms with van der Waals surface area (Å²) in [7, 11) is 0. The standard InChI is InChI=1S/C6H6.C2H3.Li/c1-2-4-6-5-3-1;1-2;/h1-6H;1H,2H2;. The van der Waals surface area contributed by atoms with Crippen molar-refractivity contribution in [3.05, 3.63) is 47.7 Å². The summed E-state index contributed by atoms with van der Waals surface area (Å²) in [6.45, 7) is 3.36. The smallest absolute Gasteiger partial charge is 0.0623 e. The van der Waals surface area contributed by atoms with Crippen molar-refractivity contribution < 1.29 is 0 Å². The molecule has 0 aromatic heterocycles. The van der Waals surface area contributed by atoms with E-state index in [2.05, 4.69) is 6.58 Å². The van der Waals surface area contributed by atoms with Crippen molar-refractivity contribution >= 4 is 17.7 Å². The zero-order valence-electron chi connectivity index (χ0n) is 5.75. The number of benzene rings is 1. The molecule has 42 valence electrons. The van der Waals surface area contributed by atoms with Gasteiger partial charge in [0, 0.05) is 0 Å². The van der Waals surface area contributed by atoms with Crippen molar-refractivity contribution in [2.75, 3.05) is 0 Å². The van der Waals surface area contributed by atoms with Crippen LogP contribution in [0.2, 0.25) is 0 Å². The summed E-state index contributed by atoms with van der Waals surface area (Å²) in [4.78, 5) is 0. The SMILES string of the molecule is [Li][CH]=C.c1ccccc1. The van der Waals surface area contributed by atoms with E-state index in [4.69, 9.17) is 0 Å². The molecule has 0 saturated heterocycles. The molecule has 0 aliphatic heterocycles. The zero-order chi connectivity index (χ0) is 6.95. The van der Waals surface area contributed by atoms with Crippen LogP contribution < -0.4 is 0 Å². The Labute approximate surface area is 65.8 Å². The molecule has 0 fully saturated rings. The van der Waals surface area contributed by atoms with E-state index in [1.807, 2.05) is 54.1 Å². The second kappa shape index (κ2) is 7.56. The molecule has 0 nitrogen and oxygen atoms in total. The van der Waals surface area contributed by atoms with Crippen LogP contribution in [0.5, 0.6) is 0 Å². The minimum Gasteiger partial charge on any atom is -0.0623 e. The average molecular weight is 112 g/mol. The van der Waals surface area contributed by atoms with E-state index in [9.17, 15) is 0 Å². The Balaban J connectivity index is 0.000000187. The fourth-order valence-electron chi connectivity index (χ4n) is 0.385. The predicted octanol–water partition coefficient (Wildman–Crippen LogP) is 1.98. The first-order valence-corrected chi connectivity index (χ1v) is 2.99. The van der Waals surface area contributed by atoms with Crippen LogP contribution in [-0.2, 0) is 0 Å². The van der Waals surface area contributed by atoms with Gasteiger partial charge in [0.1, 0.15) is 0 Å². The summed E-state index contributed by atoms with van der Waals surface area (Å²) >= 11 is 1.89. The number of rotatable bonds is 0.